The summed E-state index contributed by atoms with van der Waals surface area (Å²) in [4.78, 5) is 8.78. The van der Waals surface area contributed by atoms with E-state index >= 15 is 0 Å². The number of aromatic nitrogens is 2. The highest BCUT2D eigenvalue weighted by molar-refractivity contribution is 7.99. The third kappa shape index (κ3) is 3.20. The van der Waals surface area contributed by atoms with Gasteiger partial charge in [-0.3, -0.25) is 0 Å². The Balaban J connectivity index is 2.38. The van der Waals surface area contributed by atoms with Gasteiger partial charge in [0.2, 0.25) is 0 Å². The van der Waals surface area contributed by atoms with Crippen molar-refractivity contribution in [3.8, 4) is 11.4 Å². The maximum absolute atomic E-state index is 5.81. The second-order valence-electron chi connectivity index (χ2n) is 3.99. The second kappa shape index (κ2) is 5.19. The SMILES string of the molecule is CC(C)Sc1cc(N)nc(-c2ccccc2)n1. The van der Waals surface area contributed by atoms with Crippen LogP contribution in [-0.2, 0) is 0 Å². The Morgan fingerprint density at radius 1 is 1.12 bits per heavy atom. The maximum Gasteiger partial charge on any atom is 0.162 e. The first-order valence-electron chi connectivity index (χ1n) is 5.52. The summed E-state index contributed by atoms with van der Waals surface area (Å²) in [6.07, 6.45) is 0. The monoisotopic (exact) mass is 245 g/mol. The van der Waals surface area contributed by atoms with Crippen LogP contribution in [0.2, 0.25) is 0 Å². The zero-order valence-corrected chi connectivity index (χ0v) is 10.7. The zero-order valence-electron chi connectivity index (χ0n) is 9.92. The molecule has 0 radical (unpaired) electrons. The smallest absolute Gasteiger partial charge is 0.162 e. The van der Waals surface area contributed by atoms with E-state index in [1.54, 1.807) is 11.8 Å². The first kappa shape index (κ1) is 11.9. The molecule has 4 heteroatoms. The molecule has 0 bridgehead atoms. The third-order valence-electron chi connectivity index (χ3n) is 2.11. The molecule has 3 nitrogen and oxygen atoms in total. The quantitative estimate of drug-likeness (QED) is 0.666. The van der Waals surface area contributed by atoms with Crippen LogP contribution in [0.3, 0.4) is 0 Å². The fraction of sp³-hybridized carbons (Fsp3) is 0.231. The van der Waals surface area contributed by atoms with Crippen molar-refractivity contribution in [3.63, 3.8) is 0 Å². The fourth-order valence-electron chi connectivity index (χ4n) is 1.46. The van der Waals surface area contributed by atoms with Crippen LogP contribution in [0.5, 0.6) is 0 Å². The molecule has 1 aromatic heterocycles. The van der Waals surface area contributed by atoms with Crippen molar-refractivity contribution in [2.75, 3.05) is 5.73 Å². The van der Waals surface area contributed by atoms with Crippen LogP contribution in [-0.4, -0.2) is 15.2 Å². The lowest BCUT2D eigenvalue weighted by Gasteiger charge is -2.07. The molecule has 0 fully saturated rings. The minimum Gasteiger partial charge on any atom is -0.384 e. The molecule has 0 unspecified atom stereocenters. The predicted octanol–water partition coefficient (Wildman–Crippen LogP) is 3.23. The molecule has 2 rings (SSSR count). The van der Waals surface area contributed by atoms with E-state index in [4.69, 9.17) is 5.73 Å². The van der Waals surface area contributed by atoms with Crippen molar-refractivity contribution in [3.05, 3.63) is 36.4 Å². The number of nitrogen functional groups attached to an aromatic ring is 1. The Labute approximate surface area is 105 Å². The normalized spacial score (nSPS) is 10.8. The molecule has 0 amide bonds. The molecule has 1 aromatic carbocycles. The average Bonchev–Trinajstić information content (AvgIpc) is 2.28. The highest BCUT2D eigenvalue weighted by Crippen LogP contribution is 2.25. The van der Waals surface area contributed by atoms with Gasteiger partial charge >= 0.3 is 0 Å². The fourth-order valence-corrected chi connectivity index (χ4v) is 2.27. The van der Waals surface area contributed by atoms with E-state index in [1.165, 1.54) is 0 Å². The van der Waals surface area contributed by atoms with Gasteiger partial charge in [-0.2, -0.15) is 0 Å². The number of benzene rings is 1. The third-order valence-corrected chi connectivity index (χ3v) is 3.03. The zero-order chi connectivity index (χ0) is 12.3. The summed E-state index contributed by atoms with van der Waals surface area (Å²) >= 11 is 1.69. The Hall–Kier alpha value is -1.55. The Morgan fingerprint density at radius 2 is 1.82 bits per heavy atom. The molecule has 0 spiro atoms. The van der Waals surface area contributed by atoms with E-state index in [-0.39, 0.29) is 0 Å². The van der Waals surface area contributed by atoms with Crippen LogP contribution in [0.15, 0.2) is 41.4 Å². The van der Waals surface area contributed by atoms with Crippen LogP contribution in [0, 0.1) is 0 Å². The number of hydrogen-bond acceptors (Lipinski definition) is 4. The van der Waals surface area contributed by atoms with Crippen molar-refractivity contribution in [1.82, 2.24) is 9.97 Å². The lowest BCUT2D eigenvalue weighted by Crippen LogP contribution is -1.98. The van der Waals surface area contributed by atoms with Crippen LogP contribution < -0.4 is 5.73 Å². The number of thioether (sulfide) groups is 1. The summed E-state index contributed by atoms with van der Waals surface area (Å²) in [5.74, 6) is 1.20. The lowest BCUT2D eigenvalue weighted by atomic mass is 10.2. The molecule has 17 heavy (non-hydrogen) atoms. The van der Waals surface area contributed by atoms with Crippen molar-refractivity contribution < 1.29 is 0 Å². The van der Waals surface area contributed by atoms with E-state index in [0.717, 1.165) is 10.6 Å². The Morgan fingerprint density at radius 3 is 2.47 bits per heavy atom. The highest BCUT2D eigenvalue weighted by Gasteiger charge is 2.06. The Bertz CT molecular complexity index is 497. The van der Waals surface area contributed by atoms with E-state index in [2.05, 4.69) is 23.8 Å². The van der Waals surface area contributed by atoms with Gasteiger partial charge in [0, 0.05) is 16.9 Å². The average molecular weight is 245 g/mol. The molecule has 88 valence electrons. The number of nitrogens with two attached hydrogens (primary N) is 1. The number of anilines is 1. The Kier molecular flexibility index (Phi) is 3.64. The number of nitrogens with zero attached hydrogens (tertiary/aromatic N) is 2. The van der Waals surface area contributed by atoms with Gasteiger partial charge in [-0.1, -0.05) is 44.2 Å². The van der Waals surface area contributed by atoms with Gasteiger partial charge in [0.15, 0.2) is 5.82 Å². The van der Waals surface area contributed by atoms with Gasteiger partial charge < -0.3 is 5.73 Å². The summed E-state index contributed by atoms with van der Waals surface area (Å²) in [6, 6.07) is 11.7. The first-order valence-corrected chi connectivity index (χ1v) is 6.40. The van der Waals surface area contributed by atoms with Crippen molar-refractivity contribution >= 4 is 17.6 Å². The van der Waals surface area contributed by atoms with Crippen LogP contribution in [0.1, 0.15) is 13.8 Å². The standard InChI is InChI=1S/C13H15N3S/c1-9(2)17-12-8-11(14)15-13(16-12)10-6-4-3-5-7-10/h3-9H,1-2H3,(H2,14,15,16). The van der Waals surface area contributed by atoms with E-state index in [1.807, 2.05) is 36.4 Å². The summed E-state index contributed by atoms with van der Waals surface area (Å²) in [7, 11) is 0. The van der Waals surface area contributed by atoms with E-state index < -0.39 is 0 Å². The van der Waals surface area contributed by atoms with Gasteiger partial charge in [-0.15, -0.1) is 11.8 Å². The molecule has 0 saturated carbocycles. The molecule has 0 aliphatic heterocycles. The first-order chi connectivity index (χ1) is 8.15. The number of hydrogen-bond donors (Lipinski definition) is 1. The molecular formula is C13H15N3S. The molecular weight excluding hydrogens is 230 g/mol. The van der Waals surface area contributed by atoms with Gasteiger partial charge in [-0.25, -0.2) is 9.97 Å². The maximum atomic E-state index is 5.81. The topological polar surface area (TPSA) is 51.8 Å². The van der Waals surface area contributed by atoms with Crippen LogP contribution in [0.4, 0.5) is 5.82 Å². The molecule has 0 aliphatic carbocycles. The molecule has 0 saturated heterocycles. The molecule has 0 atom stereocenters. The van der Waals surface area contributed by atoms with Gasteiger partial charge in [-0.05, 0) is 0 Å². The van der Waals surface area contributed by atoms with Crippen molar-refractivity contribution in [2.24, 2.45) is 0 Å². The van der Waals surface area contributed by atoms with Gasteiger partial charge in [0.1, 0.15) is 10.8 Å². The van der Waals surface area contributed by atoms with Gasteiger partial charge in [0.05, 0.1) is 0 Å². The van der Waals surface area contributed by atoms with Crippen LogP contribution >= 0.6 is 11.8 Å². The predicted molar refractivity (Wildman–Crippen MR) is 72.9 cm³/mol. The van der Waals surface area contributed by atoms with Crippen molar-refractivity contribution in [2.45, 2.75) is 24.1 Å². The minimum absolute atomic E-state index is 0.480. The second-order valence-corrected chi connectivity index (χ2v) is 5.58. The summed E-state index contributed by atoms with van der Waals surface area (Å²) < 4.78 is 0. The molecule has 2 N–H and O–H groups in total. The van der Waals surface area contributed by atoms with E-state index in [9.17, 15) is 0 Å². The van der Waals surface area contributed by atoms with Gasteiger partial charge in [0.25, 0.3) is 0 Å². The molecule has 0 aliphatic rings. The summed E-state index contributed by atoms with van der Waals surface area (Å²) in [6.45, 7) is 4.26. The highest BCUT2D eigenvalue weighted by atomic mass is 32.2. The number of rotatable bonds is 3. The molecule has 2 aromatic rings. The van der Waals surface area contributed by atoms with Crippen molar-refractivity contribution in [1.29, 1.82) is 0 Å². The largest absolute Gasteiger partial charge is 0.384 e. The molecule has 1 heterocycles. The lowest BCUT2D eigenvalue weighted by molar-refractivity contribution is 1.04. The summed E-state index contributed by atoms with van der Waals surface area (Å²) in [5.41, 5.74) is 6.80. The minimum atomic E-state index is 0.480. The van der Waals surface area contributed by atoms with Crippen LogP contribution in [0.25, 0.3) is 11.4 Å². The summed E-state index contributed by atoms with van der Waals surface area (Å²) in [5, 5.41) is 1.40. The van der Waals surface area contributed by atoms with E-state index in [0.29, 0.717) is 16.9 Å².